The fourth-order valence-corrected chi connectivity index (χ4v) is 4.88. The van der Waals surface area contributed by atoms with Gasteiger partial charge in [0.25, 0.3) is 0 Å². The average molecular weight is 294 g/mol. The Kier molecular flexibility index (Phi) is 4.55. The van der Waals surface area contributed by atoms with E-state index >= 15 is 0 Å². The number of rotatable bonds is 5. The van der Waals surface area contributed by atoms with Crippen LogP contribution in [0.25, 0.3) is 0 Å². The Labute approximate surface area is 128 Å². The van der Waals surface area contributed by atoms with Crippen molar-refractivity contribution in [3.05, 3.63) is 0 Å². The molecular formula is C17H30N2O2. The summed E-state index contributed by atoms with van der Waals surface area (Å²) in [5.41, 5.74) is -0.423. The normalized spacial score (nSPS) is 39.6. The molecule has 21 heavy (non-hydrogen) atoms. The van der Waals surface area contributed by atoms with E-state index in [4.69, 9.17) is 4.74 Å². The number of fused-ring (bicyclic) bond motifs is 1. The maximum Gasteiger partial charge on any atom is 0.326 e. The van der Waals surface area contributed by atoms with Crippen molar-refractivity contribution in [2.45, 2.75) is 63.5 Å². The van der Waals surface area contributed by atoms with Gasteiger partial charge in [-0.05, 0) is 56.9 Å². The second-order valence-electron chi connectivity index (χ2n) is 7.30. The van der Waals surface area contributed by atoms with Crippen LogP contribution >= 0.6 is 0 Å². The summed E-state index contributed by atoms with van der Waals surface area (Å²) in [4.78, 5) is 15.0. The van der Waals surface area contributed by atoms with Gasteiger partial charge < -0.3 is 10.1 Å². The molecule has 0 amide bonds. The Bertz CT molecular complexity index is 375. The minimum Gasteiger partial charge on any atom is -0.468 e. The number of ether oxygens (including phenoxy) is 1. The molecule has 0 radical (unpaired) electrons. The van der Waals surface area contributed by atoms with Crippen molar-refractivity contribution in [3.63, 3.8) is 0 Å². The molecule has 120 valence electrons. The Hall–Kier alpha value is -0.610. The SMILES string of the molecule is CCCNC1(C(=O)OC)CCC(N2CC3CCCC3C2)C1. The Morgan fingerprint density at radius 3 is 2.62 bits per heavy atom. The first-order valence-electron chi connectivity index (χ1n) is 8.76. The number of likely N-dealkylation sites (tertiary alicyclic amines) is 1. The van der Waals surface area contributed by atoms with E-state index in [0.29, 0.717) is 6.04 Å². The van der Waals surface area contributed by atoms with E-state index in [1.807, 2.05) is 0 Å². The summed E-state index contributed by atoms with van der Waals surface area (Å²) in [6, 6.07) is 0.569. The molecule has 1 aliphatic heterocycles. The summed E-state index contributed by atoms with van der Waals surface area (Å²) >= 11 is 0. The Morgan fingerprint density at radius 2 is 2.00 bits per heavy atom. The van der Waals surface area contributed by atoms with Crippen molar-refractivity contribution in [2.24, 2.45) is 11.8 Å². The molecule has 2 aliphatic carbocycles. The lowest BCUT2D eigenvalue weighted by Crippen LogP contribution is -2.52. The van der Waals surface area contributed by atoms with Crippen LogP contribution in [-0.2, 0) is 9.53 Å². The molecule has 0 aromatic rings. The van der Waals surface area contributed by atoms with Gasteiger partial charge in [-0.25, -0.2) is 0 Å². The van der Waals surface area contributed by atoms with E-state index in [-0.39, 0.29) is 5.97 Å². The van der Waals surface area contributed by atoms with Crippen LogP contribution in [0, 0.1) is 11.8 Å². The fourth-order valence-electron chi connectivity index (χ4n) is 4.88. The molecule has 4 heteroatoms. The zero-order valence-corrected chi connectivity index (χ0v) is 13.6. The lowest BCUT2D eigenvalue weighted by molar-refractivity contribution is -0.148. The molecule has 1 heterocycles. The van der Waals surface area contributed by atoms with E-state index in [2.05, 4.69) is 17.1 Å². The van der Waals surface area contributed by atoms with Crippen LogP contribution in [0.4, 0.5) is 0 Å². The highest BCUT2D eigenvalue weighted by molar-refractivity contribution is 5.81. The summed E-state index contributed by atoms with van der Waals surface area (Å²) in [6.07, 6.45) is 8.31. The third-order valence-electron chi connectivity index (χ3n) is 6.05. The minimum atomic E-state index is -0.423. The van der Waals surface area contributed by atoms with Crippen LogP contribution in [-0.4, -0.2) is 49.2 Å². The number of carbonyl (C=O) groups is 1. The topological polar surface area (TPSA) is 41.6 Å². The van der Waals surface area contributed by atoms with Crippen molar-refractivity contribution in [1.82, 2.24) is 10.2 Å². The smallest absolute Gasteiger partial charge is 0.326 e. The van der Waals surface area contributed by atoms with Gasteiger partial charge in [-0.3, -0.25) is 9.69 Å². The number of hydrogen-bond acceptors (Lipinski definition) is 4. The van der Waals surface area contributed by atoms with Gasteiger partial charge in [0.2, 0.25) is 0 Å². The lowest BCUT2D eigenvalue weighted by atomic mass is 9.97. The van der Waals surface area contributed by atoms with Crippen molar-refractivity contribution in [1.29, 1.82) is 0 Å². The van der Waals surface area contributed by atoms with Crippen LogP contribution in [0.5, 0.6) is 0 Å². The van der Waals surface area contributed by atoms with Crippen LogP contribution in [0.3, 0.4) is 0 Å². The van der Waals surface area contributed by atoms with Gasteiger partial charge in [0.15, 0.2) is 0 Å². The third-order valence-corrected chi connectivity index (χ3v) is 6.05. The van der Waals surface area contributed by atoms with Gasteiger partial charge in [0.05, 0.1) is 7.11 Å². The molecular weight excluding hydrogens is 264 g/mol. The van der Waals surface area contributed by atoms with E-state index < -0.39 is 5.54 Å². The van der Waals surface area contributed by atoms with Crippen LogP contribution in [0.15, 0.2) is 0 Å². The zero-order chi connectivity index (χ0) is 14.9. The van der Waals surface area contributed by atoms with Gasteiger partial charge >= 0.3 is 5.97 Å². The predicted octanol–water partition coefficient (Wildman–Crippen LogP) is 2.18. The van der Waals surface area contributed by atoms with Crippen molar-refractivity contribution >= 4 is 5.97 Å². The molecule has 3 fully saturated rings. The molecule has 0 aromatic heterocycles. The largest absolute Gasteiger partial charge is 0.468 e. The highest BCUT2D eigenvalue weighted by Gasteiger charge is 2.49. The first-order valence-corrected chi connectivity index (χ1v) is 8.76. The van der Waals surface area contributed by atoms with Gasteiger partial charge in [0.1, 0.15) is 5.54 Å². The summed E-state index contributed by atoms with van der Waals surface area (Å²) in [6.45, 7) is 5.57. The molecule has 0 aromatic carbocycles. The second-order valence-corrected chi connectivity index (χ2v) is 7.30. The number of methoxy groups -OCH3 is 1. The minimum absolute atomic E-state index is 0.0576. The first-order chi connectivity index (χ1) is 10.2. The average Bonchev–Trinajstić information content (AvgIpc) is 3.17. The molecule has 0 spiro atoms. The van der Waals surface area contributed by atoms with Crippen molar-refractivity contribution in [3.8, 4) is 0 Å². The first kappa shape index (κ1) is 15.3. The van der Waals surface area contributed by atoms with Crippen molar-refractivity contribution in [2.75, 3.05) is 26.7 Å². The fraction of sp³-hybridized carbons (Fsp3) is 0.941. The summed E-state index contributed by atoms with van der Waals surface area (Å²) in [5, 5.41) is 3.50. The monoisotopic (exact) mass is 294 g/mol. The number of hydrogen-bond donors (Lipinski definition) is 1. The van der Waals surface area contributed by atoms with E-state index in [1.54, 1.807) is 0 Å². The Balaban J connectivity index is 1.63. The quantitative estimate of drug-likeness (QED) is 0.789. The zero-order valence-electron chi connectivity index (χ0n) is 13.6. The highest BCUT2D eigenvalue weighted by Crippen LogP contribution is 2.42. The second kappa shape index (κ2) is 6.25. The molecule has 1 N–H and O–H groups in total. The molecule has 3 aliphatic rings. The maximum atomic E-state index is 12.3. The number of nitrogens with one attached hydrogen (secondary N) is 1. The van der Waals surface area contributed by atoms with Gasteiger partial charge in [-0.1, -0.05) is 13.3 Å². The highest BCUT2D eigenvalue weighted by atomic mass is 16.5. The van der Waals surface area contributed by atoms with Crippen LogP contribution < -0.4 is 5.32 Å². The third kappa shape index (κ3) is 2.85. The van der Waals surface area contributed by atoms with Crippen LogP contribution in [0.1, 0.15) is 51.9 Å². The van der Waals surface area contributed by atoms with Gasteiger partial charge in [-0.15, -0.1) is 0 Å². The molecule has 4 atom stereocenters. The molecule has 1 saturated heterocycles. The standard InChI is InChI=1S/C17H30N2O2/c1-3-9-18-17(16(20)21-2)8-7-15(10-17)19-11-13-5-4-6-14(13)12-19/h13-15,18H,3-12H2,1-2H3. The summed E-state index contributed by atoms with van der Waals surface area (Å²) in [5.74, 6) is 1.81. The molecule has 0 bridgehead atoms. The van der Waals surface area contributed by atoms with E-state index in [1.165, 1.54) is 39.5 Å². The molecule has 2 saturated carbocycles. The Morgan fingerprint density at radius 1 is 1.29 bits per heavy atom. The number of carbonyl (C=O) groups excluding carboxylic acids is 1. The van der Waals surface area contributed by atoms with Gasteiger partial charge in [0, 0.05) is 19.1 Å². The molecule has 4 nitrogen and oxygen atoms in total. The van der Waals surface area contributed by atoms with Crippen molar-refractivity contribution < 1.29 is 9.53 Å². The summed E-state index contributed by atoms with van der Waals surface area (Å²) < 4.78 is 5.10. The summed E-state index contributed by atoms with van der Waals surface area (Å²) in [7, 11) is 1.52. The maximum absolute atomic E-state index is 12.3. The van der Waals surface area contributed by atoms with Crippen LogP contribution in [0.2, 0.25) is 0 Å². The van der Waals surface area contributed by atoms with E-state index in [0.717, 1.165) is 44.1 Å². The molecule has 4 unspecified atom stereocenters. The van der Waals surface area contributed by atoms with E-state index in [9.17, 15) is 4.79 Å². The van der Waals surface area contributed by atoms with Gasteiger partial charge in [-0.2, -0.15) is 0 Å². The predicted molar refractivity (Wildman–Crippen MR) is 83.1 cm³/mol. The number of esters is 1. The lowest BCUT2D eigenvalue weighted by Gasteiger charge is -2.30. The number of nitrogens with zero attached hydrogens (tertiary/aromatic N) is 1. The molecule has 3 rings (SSSR count).